The van der Waals surface area contributed by atoms with Crippen molar-refractivity contribution in [1.29, 1.82) is 0 Å². The Labute approximate surface area is 163 Å². The molecule has 142 valence electrons. The zero-order chi connectivity index (χ0) is 19.8. The lowest BCUT2D eigenvalue weighted by Gasteiger charge is -2.13. The number of nitrogens with zero attached hydrogens (tertiary/aromatic N) is 2. The van der Waals surface area contributed by atoms with Crippen LogP contribution in [-0.2, 0) is 0 Å². The first-order chi connectivity index (χ1) is 13.5. The SMILES string of the molecule is Cc1ccccc1-n1ncc(C(=O)Nc2cccc(C(N)=O)c2C)c1C1CC1. The molecule has 3 N–H and O–H groups in total. The summed E-state index contributed by atoms with van der Waals surface area (Å²) in [7, 11) is 0. The highest BCUT2D eigenvalue weighted by molar-refractivity contribution is 6.06. The monoisotopic (exact) mass is 374 g/mol. The number of carbonyl (C=O) groups is 2. The minimum Gasteiger partial charge on any atom is -0.366 e. The molecule has 1 heterocycles. The average molecular weight is 374 g/mol. The normalized spacial score (nSPS) is 13.4. The van der Waals surface area contributed by atoms with Gasteiger partial charge >= 0.3 is 0 Å². The predicted octanol–water partition coefficient (Wildman–Crippen LogP) is 3.72. The predicted molar refractivity (Wildman–Crippen MR) is 108 cm³/mol. The van der Waals surface area contributed by atoms with E-state index in [0.717, 1.165) is 29.8 Å². The number of nitrogens with two attached hydrogens (primary N) is 1. The Kier molecular flexibility index (Phi) is 4.47. The van der Waals surface area contributed by atoms with Gasteiger partial charge in [0.15, 0.2) is 0 Å². The molecule has 1 aromatic heterocycles. The largest absolute Gasteiger partial charge is 0.366 e. The van der Waals surface area contributed by atoms with Crippen molar-refractivity contribution in [2.24, 2.45) is 5.73 Å². The number of aromatic nitrogens is 2. The summed E-state index contributed by atoms with van der Waals surface area (Å²) in [5, 5.41) is 7.45. The molecule has 1 aliphatic carbocycles. The molecule has 6 nitrogen and oxygen atoms in total. The van der Waals surface area contributed by atoms with Gasteiger partial charge < -0.3 is 11.1 Å². The molecule has 1 fully saturated rings. The van der Waals surface area contributed by atoms with Crippen LogP contribution in [0.5, 0.6) is 0 Å². The van der Waals surface area contributed by atoms with Gasteiger partial charge in [0, 0.05) is 17.2 Å². The summed E-state index contributed by atoms with van der Waals surface area (Å²) in [5.41, 5.74) is 10.6. The van der Waals surface area contributed by atoms with Gasteiger partial charge in [0.2, 0.25) is 5.91 Å². The Hall–Kier alpha value is -3.41. The van der Waals surface area contributed by atoms with Crippen LogP contribution in [0.25, 0.3) is 5.69 Å². The number of amides is 2. The van der Waals surface area contributed by atoms with Gasteiger partial charge in [-0.15, -0.1) is 0 Å². The third-order valence-electron chi connectivity index (χ3n) is 5.21. The smallest absolute Gasteiger partial charge is 0.259 e. The molecule has 0 unspecified atom stereocenters. The number of anilines is 1. The second-order valence-electron chi connectivity index (χ2n) is 7.21. The summed E-state index contributed by atoms with van der Waals surface area (Å²) < 4.78 is 1.88. The molecule has 0 radical (unpaired) electrons. The maximum atomic E-state index is 13.0. The molecule has 3 aromatic rings. The standard InChI is InChI=1S/C22H22N4O2/c1-13-6-3-4-9-19(13)26-20(15-10-11-15)17(12-24-26)22(28)25-18-8-5-7-16(14(18)2)21(23)27/h3-9,12,15H,10-11H2,1-2H3,(H2,23,27)(H,25,28). The van der Waals surface area contributed by atoms with Crippen LogP contribution < -0.4 is 11.1 Å². The Morgan fingerprint density at radius 3 is 2.50 bits per heavy atom. The van der Waals surface area contributed by atoms with E-state index in [1.54, 1.807) is 31.3 Å². The molecule has 1 aliphatic rings. The fourth-order valence-electron chi connectivity index (χ4n) is 3.50. The topological polar surface area (TPSA) is 90.0 Å². The van der Waals surface area contributed by atoms with Gasteiger partial charge in [-0.3, -0.25) is 9.59 Å². The van der Waals surface area contributed by atoms with Crippen LogP contribution in [0.3, 0.4) is 0 Å². The zero-order valence-electron chi connectivity index (χ0n) is 15.9. The number of hydrogen-bond acceptors (Lipinski definition) is 3. The molecule has 6 heteroatoms. The lowest BCUT2D eigenvalue weighted by atomic mass is 10.1. The highest BCUT2D eigenvalue weighted by Gasteiger charge is 2.33. The van der Waals surface area contributed by atoms with E-state index in [1.165, 1.54) is 0 Å². The van der Waals surface area contributed by atoms with Crippen molar-refractivity contribution in [3.05, 3.63) is 76.6 Å². The Balaban J connectivity index is 1.71. The van der Waals surface area contributed by atoms with Crippen molar-refractivity contribution in [3.8, 4) is 5.69 Å². The fourth-order valence-corrected chi connectivity index (χ4v) is 3.50. The quantitative estimate of drug-likeness (QED) is 0.713. The number of hydrogen-bond donors (Lipinski definition) is 2. The lowest BCUT2D eigenvalue weighted by molar-refractivity contribution is 0.0995. The van der Waals surface area contributed by atoms with Crippen molar-refractivity contribution in [2.75, 3.05) is 5.32 Å². The third kappa shape index (κ3) is 3.17. The Bertz CT molecular complexity index is 1080. The Morgan fingerprint density at radius 1 is 1.07 bits per heavy atom. The summed E-state index contributed by atoms with van der Waals surface area (Å²) in [6.07, 6.45) is 3.73. The van der Waals surface area contributed by atoms with Crippen molar-refractivity contribution >= 4 is 17.5 Å². The lowest BCUT2D eigenvalue weighted by Crippen LogP contribution is -2.17. The number of aryl methyl sites for hydroxylation is 1. The van der Waals surface area contributed by atoms with Crippen LogP contribution >= 0.6 is 0 Å². The second kappa shape index (κ2) is 6.96. The maximum Gasteiger partial charge on any atom is 0.259 e. The van der Waals surface area contributed by atoms with Crippen molar-refractivity contribution < 1.29 is 9.59 Å². The molecule has 0 saturated heterocycles. The highest BCUT2D eigenvalue weighted by atomic mass is 16.2. The molecule has 0 spiro atoms. The van der Waals surface area contributed by atoms with E-state index in [-0.39, 0.29) is 5.91 Å². The molecule has 2 aromatic carbocycles. The molecule has 0 atom stereocenters. The van der Waals surface area contributed by atoms with E-state index in [0.29, 0.717) is 28.3 Å². The first kappa shape index (κ1) is 18.0. The van der Waals surface area contributed by atoms with Crippen LogP contribution in [0.2, 0.25) is 0 Å². The van der Waals surface area contributed by atoms with E-state index >= 15 is 0 Å². The van der Waals surface area contributed by atoms with Crippen LogP contribution in [0, 0.1) is 13.8 Å². The van der Waals surface area contributed by atoms with Gasteiger partial charge in [0.25, 0.3) is 5.91 Å². The summed E-state index contributed by atoms with van der Waals surface area (Å²) in [6.45, 7) is 3.81. The van der Waals surface area contributed by atoms with Gasteiger partial charge in [0.05, 0.1) is 23.1 Å². The van der Waals surface area contributed by atoms with Crippen molar-refractivity contribution in [2.45, 2.75) is 32.6 Å². The van der Waals surface area contributed by atoms with E-state index in [9.17, 15) is 9.59 Å². The number of primary amides is 1. The maximum absolute atomic E-state index is 13.0. The van der Waals surface area contributed by atoms with Crippen LogP contribution in [0.4, 0.5) is 5.69 Å². The van der Waals surface area contributed by atoms with E-state index in [4.69, 9.17) is 5.73 Å². The zero-order valence-corrected chi connectivity index (χ0v) is 15.9. The van der Waals surface area contributed by atoms with Crippen molar-refractivity contribution in [1.82, 2.24) is 9.78 Å². The number of rotatable bonds is 5. The fraction of sp³-hybridized carbons (Fsp3) is 0.227. The van der Waals surface area contributed by atoms with E-state index in [1.807, 2.05) is 35.9 Å². The first-order valence-corrected chi connectivity index (χ1v) is 9.32. The Morgan fingerprint density at radius 2 is 1.82 bits per heavy atom. The molecule has 0 bridgehead atoms. The third-order valence-corrected chi connectivity index (χ3v) is 5.21. The summed E-state index contributed by atoms with van der Waals surface area (Å²) >= 11 is 0. The molecule has 4 rings (SSSR count). The molecular formula is C22H22N4O2. The number of benzene rings is 2. The van der Waals surface area contributed by atoms with E-state index in [2.05, 4.69) is 10.4 Å². The first-order valence-electron chi connectivity index (χ1n) is 9.32. The minimum absolute atomic E-state index is 0.230. The molecule has 0 aliphatic heterocycles. The van der Waals surface area contributed by atoms with Gasteiger partial charge in [0.1, 0.15) is 0 Å². The average Bonchev–Trinajstić information content (AvgIpc) is 3.41. The van der Waals surface area contributed by atoms with Crippen LogP contribution in [0.1, 0.15) is 56.3 Å². The summed E-state index contributed by atoms with van der Waals surface area (Å²) in [4.78, 5) is 24.6. The number of carbonyl (C=O) groups excluding carboxylic acids is 2. The molecule has 2 amide bonds. The molecular weight excluding hydrogens is 352 g/mol. The summed E-state index contributed by atoms with van der Waals surface area (Å²) in [6, 6.07) is 13.1. The molecule has 28 heavy (non-hydrogen) atoms. The highest BCUT2D eigenvalue weighted by Crippen LogP contribution is 2.43. The minimum atomic E-state index is -0.514. The van der Waals surface area contributed by atoms with Crippen molar-refractivity contribution in [3.63, 3.8) is 0 Å². The number of para-hydroxylation sites is 1. The van der Waals surface area contributed by atoms with E-state index < -0.39 is 5.91 Å². The van der Waals surface area contributed by atoms with Gasteiger partial charge in [-0.1, -0.05) is 24.3 Å². The van der Waals surface area contributed by atoms with Gasteiger partial charge in [-0.05, 0) is 56.0 Å². The number of nitrogens with one attached hydrogen (secondary N) is 1. The van der Waals surface area contributed by atoms with Crippen LogP contribution in [0.15, 0.2) is 48.7 Å². The van der Waals surface area contributed by atoms with Crippen LogP contribution in [-0.4, -0.2) is 21.6 Å². The van der Waals surface area contributed by atoms with Gasteiger partial charge in [-0.25, -0.2) is 4.68 Å². The van der Waals surface area contributed by atoms with Gasteiger partial charge in [-0.2, -0.15) is 5.10 Å². The second-order valence-corrected chi connectivity index (χ2v) is 7.21. The summed E-state index contributed by atoms with van der Waals surface area (Å²) in [5.74, 6) is -0.410. The molecule has 1 saturated carbocycles.